The number of nitro groups is 1. The first-order chi connectivity index (χ1) is 19.9. The molecule has 2 saturated heterocycles. The molecule has 0 unspecified atom stereocenters. The van der Waals surface area contributed by atoms with Gasteiger partial charge in [-0.2, -0.15) is 4.98 Å². The van der Waals surface area contributed by atoms with Crippen LogP contribution in [0.3, 0.4) is 0 Å². The Kier molecular flexibility index (Phi) is 8.67. The lowest BCUT2D eigenvalue weighted by Gasteiger charge is -2.34. The van der Waals surface area contributed by atoms with E-state index in [0.29, 0.717) is 43.1 Å². The number of ether oxygens (including phenoxy) is 3. The van der Waals surface area contributed by atoms with Crippen molar-refractivity contribution in [3.05, 3.63) is 51.6 Å². The molecule has 3 aromatic rings. The predicted octanol–water partition coefficient (Wildman–Crippen LogP) is 3.74. The van der Waals surface area contributed by atoms with Gasteiger partial charge in [0.1, 0.15) is 11.4 Å². The molecule has 2 aromatic carbocycles. The number of aromatic nitrogens is 2. The Morgan fingerprint density at radius 1 is 1.05 bits per heavy atom. The average Bonchev–Trinajstić information content (AvgIpc) is 3.00. The van der Waals surface area contributed by atoms with Gasteiger partial charge in [0.2, 0.25) is 5.95 Å². The SMILES string of the molecule is COc1cc2nc(N3CCOCC3)nc(N3CCC(CCNC(=O)c4cc(C)ccc4[N+](=O)[O-])CC3)c2cc1OC. The minimum Gasteiger partial charge on any atom is -0.493 e. The van der Waals surface area contributed by atoms with Crippen molar-refractivity contribution in [1.82, 2.24) is 15.3 Å². The lowest BCUT2D eigenvalue weighted by molar-refractivity contribution is -0.385. The molecular weight excluding hydrogens is 528 g/mol. The summed E-state index contributed by atoms with van der Waals surface area (Å²) in [5, 5.41) is 15.1. The van der Waals surface area contributed by atoms with Gasteiger partial charge in [0.25, 0.3) is 11.6 Å². The summed E-state index contributed by atoms with van der Waals surface area (Å²) in [4.78, 5) is 37.9. The van der Waals surface area contributed by atoms with Gasteiger partial charge in [0.05, 0.1) is 37.9 Å². The molecule has 218 valence electrons. The number of hydrogen-bond donors (Lipinski definition) is 1. The standard InChI is InChI=1S/C29H36N6O6/c1-19-4-5-24(35(37)38)22(16-19)28(36)30-9-6-20-7-10-33(11-8-20)27-21-17-25(39-2)26(40-3)18-23(21)31-29(32-27)34-12-14-41-15-13-34/h4-5,16-18,20H,6-15H2,1-3H3,(H,30,36). The summed E-state index contributed by atoms with van der Waals surface area (Å²) in [6.07, 6.45) is 2.67. The molecule has 2 aliphatic rings. The van der Waals surface area contributed by atoms with Gasteiger partial charge < -0.3 is 29.3 Å². The Morgan fingerprint density at radius 3 is 2.44 bits per heavy atom. The first kappa shape index (κ1) is 28.3. The van der Waals surface area contributed by atoms with Crippen LogP contribution >= 0.6 is 0 Å². The Morgan fingerprint density at radius 2 is 1.76 bits per heavy atom. The van der Waals surface area contributed by atoms with Gasteiger partial charge in [-0.1, -0.05) is 6.07 Å². The minimum atomic E-state index is -0.517. The quantitative estimate of drug-likeness (QED) is 0.303. The second-order valence-corrected chi connectivity index (χ2v) is 10.4. The van der Waals surface area contributed by atoms with Crippen molar-refractivity contribution in [2.24, 2.45) is 5.92 Å². The highest BCUT2D eigenvalue weighted by molar-refractivity contribution is 5.98. The number of carbonyl (C=O) groups excluding carboxylic acids is 1. The molecule has 1 N–H and O–H groups in total. The molecule has 1 aromatic heterocycles. The number of benzene rings is 2. The zero-order chi connectivity index (χ0) is 28.9. The second kappa shape index (κ2) is 12.5. The minimum absolute atomic E-state index is 0.101. The average molecular weight is 565 g/mol. The molecular formula is C29H36N6O6. The highest BCUT2D eigenvalue weighted by Gasteiger charge is 2.26. The number of rotatable bonds is 9. The third-order valence-electron chi connectivity index (χ3n) is 7.81. The molecule has 2 fully saturated rings. The van der Waals surface area contributed by atoms with Crippen LogP contribution in [0.1, 0.15) is 35.2 Å². The Labute approximate surface area is 238 Å². The number of carbonyl (C=O) groups is 1. The van der Waals surface area contributed by atoms with Gasteiger partial charge in [0.15, 0.2) is 11.5 Å². The van der Waals surface area contributed by atoms with Crippen LogP contribution in [0.5, 0.6) is 11.5 Å². The summed E-state index contributed by atoms with van der Waals surface area (Å²) in [6.45, 7) is 6.64. The van der Waals surface area contributed by atoms with E-state index < -0.39 is 10.8 Å². The molecule has 5 rings (SSSR count). The van der Waals surface area contributed by atoms with Gasteiger partial charge in [-0.05, 0) is 49.8 Å². The van der Waals surface area contributed by atoms with Crippen molar-refractivity contribution in [1.29, 1.82) is 0 Å². The van der Waals surface area contributed by atoms with Crippen molar-refractivity contribution in [2.75, 3.05) is 70.0 Å². The number of nitro benzene ring substituents is 1. The third-order valence-corrected chi connectivity index (χ3v) is 7.81. The van der Waals surface area contributed by atoms with Crippen molar-refractivity contribution < 1.29 is 23.9 Å². The molecule has 0 atom stereocenters. The number of hydrogen-bond acceptors (Lipinski definition) is 10. The summed E-state index contributed by atoms with van der Waals surface area (Å²) in [6, 6.07) is 8.43. The number of methoxy groups -OCH3 is 2. The van der Waals surface area contributed by atoms with Crippen LogP contribution < -0.4 is 24.6 Å². The first-order valence-electron chi connectivity index (χ1n) is 13.9. The summed E-state index contributed by atoms with van der Waals surface area (Å²) >= 11 is 0. The van der Waals surface area contributed by atoms with Crippen LogP contribution in [0.2, 0.25) is 0 Å². The topological polar surface area (TPSA) is 132 Å². The maximum Gasteiger partial charge on any atom is 0.282 e. The maximum atomic E-state index is 12.7. The van der Waals surface area contributed by atoms with Crippen LogP contribution in [-0.4, -0.2) is 81.0 Å². The van der Waals surface area contributed by atoms with Crippen molar-refractivity contribution in [3.8, 4) is 11.5 Å². The van der Waals surface area contributed by atoms with Gasteiger partial charge in [-0.15, -0.1) is 0 Å². The van der Waals surface area contributed by atoms with E-state index in [1.54, 1.807) is 26.4 Å². The summed E-state index contributed by atoms with van der Waals surface area (Å²) in [7, 11) is 3.23. The molecule has 12 heteroatoms. The highest BCUT2D eigenvalue weighted by atomic mass is 16.6. The summed E-state index contributed by atoms with van der Waals surface area (Å²) < 4.78 is 16.6. The fourth-order valence-electron chi connectivity index (χ4n) is 5.48. The van der Waals surface area contributed by atoms with E-state index in [4.69, 9.17) is 24.2 Å². The Hall–Kier alpha value is -4.19. The van der Waals surface area contributed by atoms with Gasteiger partial charge in [0, 0.05) is 50.2 Å². The molecule has 2 aliphatic heterocycles. The van der Waals surface area contributed by atoms with E-state index in [0.717, 1.165) is 67.7 Å². The van der Waals surface area contributed by atoms with E-state index in [2.05, 4.69) is 15.1 Å². The van der Waals surface area contributed by atoms with E-state index in [1.807, 2.05) is 19.1 Å². The van der Waals surface area contributed by atoms with Crippen LogP contribution in [0.4, 0.5) is 17.5 Å². The van der Waals surface area contributed by atoms with Gasteiger partial charge in [-0.3, -0.25) is 14.9 Å². The molecule has 12 nitrogen and oxygen atoms in total. The number of nitrogens with one attached hydrogen (secondary N) is 1. The summed E-state index contributed by atoms with van der Waals surface area (Å²) in [5.41, 5.74) is 1.52. The van der Waals surface area contributed by atoms with Crippen LogP contribution in [0, 0.1) is 23.0 Å². The van der Waals surface area contributed by atoms with E-state index in [9.17, 15) is 14.9 Å². The number of aryl methyl sites for hydroxylation is 1. The molecule has 0 saturated carbocycles. The van der Waals surface area contributed by atoms with Crippen LogP contribution in [0.25, 0.3) is 10.9 Å². The number of anilines is 2. The fraction of sp³-hybridized carbons (Fsp3) is 0.483. The number of nitrogens with zero attached hydrogens (tertiary/aromatic N) is 5. The zero-order valence-electron chi connectivity index (χ0n) is 23.7. The molecule has 0 radical (unpaired) electrons. The van der Waals surface area contributed by atoms with Gasteiger partial charge in [-0.25, -0.2) is 4.98 Å². The third kappa shape index (κ3) is 6.27. The maximum absolute atomic E-state index is 12.7. The summed E-state index contributed by atoms with van der Waals surface area (Å²) in [5.74, 6) is 2.80. The first-order valence-corrected chi connectivity index (χ1v) is 13.9. The molecule has 3 heterocycles. The molecule has 0 aliphatic carbocycles. The number of amides is 1. The lowest BCUT2D eigenvalue weighted by Crippen LogP contribution is -2.39. The highest BCUT2D eigenvalue weighted by Crippen LogP contribution is 2.37. The second-order valence-electron chi connectivity index (χ2n) is 10.4. The Bertz CT molecular complexity index is 1420. The zero-order valence-corrected chi connectivity index (χ0v) is 23.7. The van der Waals surface area contributed by atoms with E-state index in [-0.39, 0.29) is 11.3 Å². The monoisotopic (exact) mass is 564 g/mol. The van der Waals surface area contributed by atoms with Gasteiger partial charge >= 0.3 is 0 Å². The molecule has 0 spiro atoms. The van der Waals surface area contributed by atoms with Crippen molar-refractivity contribution >= 4 is 34.3 Å². The Balaban J connectivity index is 1.27. The molecule has 1 amide bonds. The number of piperidine rings is 1. The largest absolute Gasteiger partial charge is 0.493 e. The van der Waals surface area contributed by atoms with E-state index in [1.165, 1.54) is 6.07 Å². The van der Waals surface area contributed by atoms with E-state index >= 15 is 0 Å². The van der Waals surface area contributed by atoms with Crippen molar-refractivity contribution in [3.63, 3.8) is 0 Å². The van der Waals surface area contributed by atoms with Crippen LogP contribution in [-0.2, 0) is 4.74 Å². The molecule has 0 bridgehead atoms. The molecule has 41 heavy (non-hydrogen) atoms. The fourth-order valence-corrected chi connectivity index (χ4v) is 5.48. The van der Waals surface area contributed by atoms with Crippen LogP contribution in [0.15, 0.2) is 30.3 Å². The predicted molar refractivity (Wildman–Crippen MR) is 155 cm³/mol. The number of fused-ring (bicyclic) bond motifs is 1. The number of morpholine rings is 1. The van der Waals surface area contributed by atoms with Crippen molar-refractivity contribution in [2.45, 2.75) is 26.2 Å². The normalized spacial score (nSPS) is 16.1. The lowest BCUT2D eigenvalue weighted by atomic mass is 9.93. The smallest absolute Gasteiger partial charge is 0.282 e.